The molecule has 2 fully saturated rings. The average Bonchev–Trinajstić information content (AvgIpc) is 4.09. The fourth-order valence-electron chi connectivity index (χ4n) is 11.7. The van der Waals surface area contributed by atoms with Crippen molar-refractivity contribution in [1.29, 1.82) is 0 Å². The number of likely N-dealkylation sites (tertiary alicyclic amines) is 2. The molecule has 2 saturated heterocycles. The summed E-state index contributed by atoms with van der Waals surface area (Å²) in [5, 5.41) is 0. The summed E-state index contributed by atoms with van der Waals surface area (Å²) < 4.78 is 52.0. The second-order valence-electron chi connectivity index (χ2n) is 28.2. The summed E-state index contributed by atoms with van der Waals surface area (Å²) in [5.74, 6) is 3.75. The van der Waals surface area contributed by atoms with Crippen molar-refractivity contribution in [1.82, 2.24) is 18.4 Å². The van der Waals surface area contributed by atoms with Gasteiger partial charge in [-0.15, -0.1) is 0 Å². The van der Waals surface area contributed by atoms with Crippen molar-refractivity contribution >= 4 is 20.0 Å². The minimum Gasteiger partial charge on any atom is -0.297 e. The van der Waals surface area contributed by atoms with Crippen LogP contribution in [0.2, 0.25) is 0 Å². The van der Waals surface area contributed by atoms with E-state index >= 15 is 0 Å². The molecule has 0 saturated carbocycles. The first kappa shape index (κ1) is 61.4. The third kappa shape index (κ3) is 13.8. The zero-order chi connectivity index (χ0) is 56.2. The predicted molar refractivity (Wildman–Crippen MR) is 320 cm³/mol. The van der Waals surface area contributed by atoms with Crippen LogP contribution in [0, 0.1) is 40.9 Å². The molecule has 1 spiro atoms. The Kier molecular flexibility index (Phi) is 18.9. The van der Waals surface area contributed by atoms with Crippen LogP contribution in [0.5, 0.6) is 0 Å². The zero-order valence-electron chi connectivity index (χ0n) is 51.3. The Bertz CT molecular complexity index is 2560. The molecular formula is C65H104N4O4S2. The summed E-state index contributed by atoms with van der Waals surface area (Å²) in [6.45, 7) is 54.8. The van der Waals surface area contributed by atoms with Gasteiger partial charge in [0.15, 0.2) is 0 Å². The highest BCUT2D eigenvalue weighted by Crippen LogP contribution is 2.47. The summed E-state index contributed by atoms with van der Waals surface area (Å²) >= 11 is 0. The molecule has 8 nitrogen and oxygen atoms in total. The zero-order valence-corrected chi connectivity index (χ0v) is 52.9. The predicted octanol–water partition coefficient (Wildman–Crippen LogP) is 15.3. The topological polar surface area (TPSA) is 81.2 Å². The van der Waals surface area contributed by atoms with Gasteiger partial charge in [0.2, 0.25) is 20.0 Å². The van der Waals surface area contributed by atoms with Crippen molar-refractivity contribution in [2.45, 2.75) is 214 Å². The standard InChI is InChI=1S/2C14H20.C13H26N2.2C12H19NO2S/c2*1-9(2)11-5-13-7-12(10(3)4)8-14(13)6-11;1-11(2,3)14-7-13(8-14)9-15(10-13)12(4,5)6;2*1-8(2)10-5-11-7-13(9(3)4)16(14,15)12(11)6-10/h2*5,7,9-10H,6,8H2,1-4H3;7-10H2,1-6H3;6,8-9H,5,7H2,1-4H3;5,8-9H,6-7H2,1-4H3. The van der Waals surface area contributed by atoms with Gasteiger partial charge in [0.1, 0.15) is 0 Å². The highest BCUT2D eigenvalue weighted by molar-refractivity contribution is 7.93. The first-order valence-electron chi connectivity index (χ1n) is 29.1. The maximum atomic E-state index is 12.2. The van der Waals surface area contributed by atoms with Gasteiger partial charge in [-0.3, -0.25) is 9.80 Å². The number of hydrogen-bond acceptors (Lipinski definition) is 6. The number of rotatable bonds is 8. The second-order valence-corrected chi connectivity index (χ2v) is 32.0. The highest BCUT2D eigenvalue weighted by Gasteiger charge is 2.55. The van der Waals surface area contributed by atoms with Crippen LogP contribution in [-0.2, 0) is 20.0 Å². The maximum Gasteiger partial charge on any atom is 0.243 e. The monoisotopic (exact) mass is 1070 g/mol. The van der Waals surface area contributed by atoms with Gasteiger partial charge in [-0.25, -0.2) is 16.8 Å². The maximum absolute atomic E-state index is 12.2. The van der Waals surface area contributed by atoms with E-state index in [1.165, 1.54) is 74.2 Å². The lowest BCUT2D eigenvalue weighted by Gasteiger charge is -2.66. The Morgan fingerprint density at radius 3 is 0.987 bits per heavy atom. The van der Waals surface area contributed by atoms with Crippen LogP contribution in [-0.4, -0.2) is 97.7 Å². The molecule has 0 atom stereocenters. The van der Waals surface area contributed by atoms with E-state index in [-0.39, 0.29) is 12.1 Å². The molecule has 4 aliphatic heterocycles. The minimum atomic E-state index is -3.19. The summed E-state index contributed by atoms with van der Waals surface area (Å²) in [6.07, 6.45) is 20.0. The Morgan fingerprint density at radius 1 is 0.400 bits per heavy atom. The lowest BCUT2D eigenvalue weighted by atomic mass is 9.69. The van der Waals surface area contributed by atoms with Crippen molar-refractivity contribution < 1.29 is 16.8 Å². The molecule has 10 heteroatoms. The van der Waals surface area contributed by atoms with Gasteiger partial charge in [0.05, 0.1) is 9.81 Å². The smallest absolute Gasteiger partial charge is 0.243 e. The van der Waals surface area contributed by atoms with Crippen molar-refractivity contribution in [3.05, 3.63) is 113 Å². The van der Waals surface area contributed by atoms with E-state index < -0.39 is 20.0 Å². The molecule has 10 aliphatic rings. The van der Waals surface area contributed by atoms with Crippen LogP contribution in [0.25, 0.3) is 0 Å². The average molecular weight is 1070 g/mol. The van der Waals surface area contributed by atoms with Crippen molar-refractivity contribution in [2.75, 3.05) is 39.3 Å². The number of nitrogens with zero attached hydrogens (tertiary/aromatic N) is 4. The van der Waals surface area contributed by atoms with E-state index in [2.05, 4.69) is 165 Å². The first-order chi connectivity index (χ1) is 34.4. The van der Waals surface area contributed by atoms with Gasteiger partial charge < -0.3 is 0 Å². The molecule has 0 radical (unpaired) electrons. The first-order valence-corrected chi connectivity index (χ1v) is 32.0. The fourth-order valence-corrected chi connectivity index (χ4v) is 15.6. The largest absolute Gasteiger partial charge is 0.297 e. The normalized spacial score (nSPS) is 23.7. The summed E-state index contributed by atoms with van der Waals surface area (Å²) in [4.78, 5) is 6.43. The highest BCUT2D eigenvalue weighted by atomic mass is 32.2. The van der Waals surface area contributed by atoms with E-state index in [0.717, 1.165) is 41.2 Å². The molecule has 4 heterocycles. The molecule has 0 amide bonds. The molecule has 0 unspecified atom stereocenters. The van der Waals surface area contributed by atoms with Gasteiger partial charge in [-0.1, -0.05) is 158 Å². The Balaban J connectivity index is 0.000000153. The van der Waals surface area contributed by atoms with Crippen LogP contribution in [0.3, 0.4) is 0 Å². The van der Waals surface area contributed by atoms with E-state index in [4.69, 9.17) is 0 Å². The SMILES string of the molecule is CC(C)(C)N1CC2(C1)CN(C(C)(C)C)C2.CC(C)C1=CC2=C(C1)CC(C(C)C)=C2.CC(C)C1=CC2=C(C1)CC(C(C)C)=C2.CC(C)C1=CC2=C(C1)CN(C(C)C)S2(=O)=O.CC(C)C1=CC2=C(C1)S(=O)(=O)N(C(C)C)C2. The summed E-state index contributed by atoms with van der Waals surface area (Å²) in [5.41, 5.74) is 18.8. The molecule has 0 N–H and O–H groups in total. The van der Waals surface area contributed by atoms with E-state index in [9.17, 15) is 16.8 Å². The van der Waals surface area contributed by atoms with Crippen LogP contribution in [0.15, 0.2) is 113 Å². The lowest BCUT2D eigenvalue weighted by molar-refractivity contribution is -0.167. The van der Waals surface area contributed by atoms with Crippen molar-refractivity contribution in [3.8, 4) is 0 Å². The number of allylic oxidation sites excluding steroid dienone is 16. The third-order valence-corrected chi connectivity index (χ3v) is 21.8. The fraction of sp³-hybridized carbons (Fsp3) is 0.692. The van der Waals surface area contributed by atoms with Gasteiger partial charge in [0.25, 0.3) is 0 Å². The molecule has 6 aliphatic carbocycles. The minimum absolute atomic E-state index is 0.0477. The van der Waals surface area contributed by atoms with Gasteiger partial charge in [0, 0.05) is 74.3 Å². The van der Waals surface area contributed by atoms with Gasteiger partial charge in [-0.2, -0.15) is 8.61 Å². The Hall–Kier alpha value is -2.86. The Labute approximate surface area is 460 Å². The molecule has 0 aromatic heterocycles. The molecule has 75 heavy (non-hydrogen) atoms. The third-order valence-electron chi connectivity index (χ3n) is 17.5. The molecule has 0 aromatic rings. The summed E-state index contributed by atoms with van der Waals surface area (Å²) in [7, 11) is -6.36. The van der Waals surface area contributed by atoms with Gasteiger partial charge >= 0.3 is 0 Å². The van der Waals surface area contributed by atoms with Crippen molar-refractivity contribution in [2.24, 2.45) is 40.9 Å². The number of hydrogen-bond donors (Lipinski definition) is 0. The van der Waals surface area contributed by atoms with Crippen LogP contribution >= 0.6 is 0 Å². The van der Waals surface area contributed by atoms with Crippen LogP contribution < -0.4 is 0 Å². The van der Waals surface area contributed by atoms with Gasteiger partial charge in [-0.05, 0) is 165 Å². The molecule has 10 rings (SSSR count). The lowest BCUT2D eigenvalue weighted by Crippen LogP contribution is -2.76. The van der Waals surface area contributed by atoms with Crippen molar-refractivity contribution in [3.63, 3.8) is 0 Å². The second kappa shape index (κ2) is 23.1. The number of sulfonamides is 2. The van der Waals surface area contributed by atoms with E-state index in [1.807, 2.05) is 33.8 Å². The van der Waals surface area contributed by atoms with Crippen LogP contribution in [0.4, 0.5) is 0 Å². The molecule has 0 aromatic carbocycles. The Morgan fingerprint density at radius 2 is 0.707 bits per heavy atom. The summed E-state index contributed by atoms with van der Waals surface area (Å²) in [6, 6.07) is 0.0954. The quantitative estimate of drug-likeness (QED) is 0.241. The molecule has 0 bridgehead atoms. The molecular weight excluding hydrogens is 965 g/mol. The molecule has 420 valence electrons. The van der Waals surface area contributed by atoms with E-state index in [1.54, 1.807) is 42.0 Å². The van der Waals surface area contributed by atoms with Crippen LogP contribution in [0.1, 0.15) is 191 Å². The van der Waals surface area contributed by atoms with E-state index in [0.29, 0.717) is 57.6 Å².